The largest absolute Gasteiger partial charge is 0.346 e. The minimum absolute atomic E-state index is 0.0402. The minimum atomic E-state index is 0.0402. The van der Waals surface area contributed by atoms with E-state index in [0.29, 0.717) is 25.0 Å². The van der Waals surface area contributed by atoms with Crippen molar-refractivity contribution in [1.82, 2.24) is 24.6 Å². The first-order chi connectivity index (χ1) is 13.2. The zero-order chi connectivity index (χ0) is 18.6. The Hall–Kier alpha value is -1.92. The van der Waals surface area contributed by atoms with Crippen LogP contribution in [0.25, 0.3) is 0 Å². The molecule has 2 saturated heterocycles. The fourth-order valence-corrected chi connectivity index (χ4v) is 4.42. The molecule has 6 heteroatoms. The average Bonchev–Trinajstić information content (AvgIpc) is 3.34. The summed E-state index contributed by atoms with van der Waals surface area (Å²) in [6.07, 6.45) is 4.63. The molecular weight excluding hydrogens is 338 g/mol. The number of rotatable bonds is 6. The highest BCUT2D eigenvalue weighted by molar-refractivity contribution is 5.16. The molecule has 1 N–H and O–H groups in total. The van der Waals surface area contributed by atoms with Crippen LogP contribution in [0.15, 0.2) is 35.1 Å². The SMILES string of the molecule is CC(Cn1nc(C2CCNCC2)n(Cc2ccccc2)c1=O)N1CCCC1. The molecule has 0 spiro atoms. The van der Waals surface area contributed by atoms with E-state index in [1.165, 1.54) is 12.8 Å². The molecule has 1 aromatic heterocycles. The lowest BCUT2D eigenvalue weighted by Gasteiger charge is -2.23. The van der Waals surface area contributed by atoms with Gasteiger partial charge in [0.25, 0.3) is 0 Å². The second-order valence-corrected chi connectivity index (χ2v) is 8.01. The number of nitrogens with zero attached hydrogens (tertiary/aromatic N) is 4. The number of aromatic nitrogens is 3. The fraction of sp³-hybridized carbons (Fsp3) is 0.619. The molecule has 3 heterocycles. The quantitative estimate of drug-likeness (QED) is 0.847. The molecule has 0 radical (unpaired) electrons. The Morgan fingerprint density at radius 3 is 2.56 bits per heavy atom. The Morgan fingerprint density at radius 2 is 1.85 bits per heavy atom. The molecule has 1 aromatic carbocycles. The molecule has 27 heavy (non-hydrogen) atoms. The van der Waals surface area contributed by atoms with Gasteiger partial charge in [0, 0.05) is 12.0 Å². The van der Waals surface area contributed by atoms with E-state index >= 15 is 0 Å². The fourth-order valence-electron chi connectivity index (χ4n) is 4.42. The molecule has 2 fully saturated rings. The van der Waals surface area contributed by atoms with Crippen LogP contribution in [0.1, 0.15) is 49.9 Å². The van der Waals surface area contributed by atoms with Gasteiger partial charge in [0.1, 0.15) is 5.82 Å². The van der Waals surface area contributed by atoms with Gasteiger partial charge in [-0.25, -0.2) is 9.48 Å². The van der Waals surface area contributed by atoms with Crippen molar-refractivity contribution in [1.29, 1.82) is 0 Å². The summed E-state index contributed by atoms with van der Waals surface area (Å²) < 4.78 is 3.64. The summed E-state index contributed by atoms with van der Waals surface area (Å²) in [5.74, 6) is 1.34. The molecule has 4 rings (SSSR count). The van der Waals surface area contributed by atoms with Crippen LogP contribution < -0.4 is 11.0 Å². The zero-order valence-corrected chi connectivity index (χ0v) is 16.3. The van der Waals surface area contributed by atoms with Gasteiger partial charge in [-0.15, -0.1) is 0 Å². The van der Waals surface area contributed by atoms with Crippen LogP contribution in [-0.2, 0) is 13.1 Å². The number of piperidine rings is 1. The molecule has 2 aromatic rings. The highest BCUT2D eigenvalue weighted by Gasteiger charge is 2.26. The first kappa shape index (κ1) is 18.4. The normalized spacial score (nSPS) is 20.2. The summed E-state index contributed by atoms with van der Waals surface area (Å²) in [4.78, 5) is 15.7. The van der Waals surface area contributed by atoms with E-state index in [4.69, 9.17) is 5.10 Å². The summed E-state index contributed by atoms with van der Waals surface area (Å²) in [6.45, 7) is 7.79. The van der Waals surface area contributed by atoms with Crippen LogP contribution in [0.2, 0.25) is 0 Å². The van der Waals surface area contributed by atoms with Crippen LogP contribution in [0.3, 0.4) is 0 Å². The van der Waals surface area contributed by atoms with Crippen molar-refractivity contribution in [2.45, 2.75) is 57.7 Å². The van der Waals surface area contributed by atoms with Gasteiger partial charge in [0.15, 0.2) is 0 Å². The van der Waals surface area contributed by atoms with Crippen molar-refractivity contribution in [3.63, 3.8) is 0 Å². The van der Waals surface area contributed by atoms with Crippen LogP contribution in [0.5, 0.6) is 0 Å². The lowest BCUT2D eigenvalue weighted by Crippen LogP contribution is -2.37. The van der Waals surface area contributed by atoms with Gasteiger partial charge < -0.3 is 5.32 Å². The van der Waals surface area contributed by atoms with Crippen molar-refractivity contribution in [3.05, 3.63) is 52.2 Å². The number of hydrogen-bond donors (Lipinski definition) is 1. The zero-order valence-electron chi connectivity index (χ0n) is 16.3. The van der Waals surface area contributed by atoms with E-state index in [2.05, 4.69) is 29.3 Å². The summed E-state index contributed by atoms with van der Waals surface area (Å²) in [5.41, 5.74) is 1.19. The summed E-state index contributed by atoms with van der Waals surface area (Å²) in [5, 5.41) is 8.27. The summed E-state index contributed by atoms with van der Waals surface area (Å²) in [6, 6.07) is 10.6. The molecule has 0 bridgehead atoms. The third-order valence-corrected chi connectivity index (χ3v) is 6.04. The van der Waals surface area contributed by atoms with Crippen molar-refractivity contribution in [2.75, 3.05) is 26.2 Å². The Morgan fingerprint density at radius 1 is 1.15 bits per heavy atom. The number of benzene rings is 1. The van der Waals surface area contributed by atoms with Crippen molar-refractivity contribution < 1.29 is 0 Å². The second kappa shape index (κ2) is 8.40. The van der Waals surface area contributed by atoms with Gasteiger partial charge >= 0.3 is 5.69 Å². The van der Waals surface area contributed by atoms with E-state index < -0.39 is 0 Å². The Kier molecular flexibility index (Phi) is 5.74. The van der Waals surface area contributed by atoms with E-state index in [0.717, 1.165) is 50.4 Å². The first-order valence-electron chi connectivity index (χ1n) is 10.4. The van der Waals surface area contributed by atoms with Crippen molar-refractivity contribution in [3.8, 4) is 0 Å². The number of likely N-dealkylation sites (tertiary alicyclic amines) is 1. The predicted octanol–water partition coefficient (Wildman–Crippen LogP) is 2.04. The molecule has 1 atom stereocenters. The topological polar surface area (TPSA) is 55.1 Å². The molecule has 2 aliphatic rings. The monoisotopic (exact) mass is 369 g/mol. The average molecular weight is 370 g/mol. The van der Waals surface area contributed by atoms with E-state index in [-0.39, 0.29) is 5.69 Å². The standard InChI is InChI=1S/C21H31N5O/c1-17(24-13-5-6-14-24)15-26-21(27)25(16-18-7-3-2-4-8-18)20(23-26)19-9-11-22-12-10-19/h2-4,7-8,17,19,22H,5-6,9-16H2,1H3. The van der Waals surface area contributed by atoms with Crippen LogP contribution in [0.4, 0.5) is 0 Å². The van der Waals surface area contributed by atoms with E-state index in [1.807, 2.05) is 22.8 Å². The van der Waals surface area contributed by atoms with Gasteiger partial charge in [-0.2, -0.15) is 5.10 Å². The summed E-state index contributed by atoms with van der Waals surface area (Å²) >= 11 is 0. The molecule has 2 aliphatic heterocycles. The van der Waals surface area contributed by atoms with E-state index in [9.17, 15) is 4.79 Å². The number of nitrogens with one attached hydrogen (secondary N) is 1. The maximum Gasteiger partial charge on any atom is 0.346 e. The molecule has 0 saturated carbocycles. The van der Waals surface area contributed by atoms with Gasteiger partial charge in [-0.1, -0.05) is 30.3 Å². The lowest BCUT2D eigenvalue weighted by molar-refractivity contribution is 0.227. The Balaban J connectivity index is 1.62. The van der Waals surface area contributed by atoms with Crippen LogP contribution >= 0.6 is 0 Å². The smallest absolute Gasteiger partial charge is 0.317 e. The predicted molar refractivity (Wildman–Crippen MR) is 107 cm³/mol. The van der Waals surface area contributed by atoms with Crippen molar-refractivity contribution in [2.24, 2.45) is 0 Å². The lowest BCUT2D eigenvalue weighted by atomic mass is 9.97. The van der Waals surface area contributed by atoms with Gasteiger partial charge in [0.2, 0.25) is 0 Å². The van der Waals surface area contributed by atoms with Crippen LogP contribution in [0, 0.1) is 0 Å². The first-order valence-corrected chi connectivity index (χ1v) is 10.4. The van der Waals surface area contributed by atoms with Gasteiger partial charge in [-0.3, -0.25) is 9.47 Å². The molecule has 6 nitrogen and oxygen atoms in total. The third-order valence-electron chi connectivity index (χ3n) is 6.04. The molecule has 0 aliphatic carbocycles. The molecule has 0 amide bonds. The van der Waals surface area contributed by atoms with E-state index in [1.54, 1.807) is 4.68 Å². The minimum Gasteiger partial charge on any atom is -0.317 e. The molecular formula is C21H31N5O. The van der Waals surface area contributed by atoms with Crippen LogP contribution in [-0.4, -0.2) is 51.5 Å². The molecule has 1 unspecified atom stereocenters. The maximum atomic E-state index is 13.2. The Labute approximate surface area is 161 Å². The summed E-state index contributed by atoms with van der Waals surface area (Å²) in [7, 11) is 0. The van der Waals surface area contributed by atoms with Gasteiger partial charge in [0.05, 0.1) is 13.1 Å². The second-order valence-electron chi connectivity index (χ2n) is 8.01. The molecule has 146 valence electrons. The van der Waals surface area contributed by atoms with Crippen molar-refractivity contribution >= 4 is 0 Å². The highest BCUT2D eigenvalue weighted by atomic mass is 16.2. The number of hydrogen-bond acceptors (Lipinski definition) is 4. The highest BCUT2D eigenvalue weighted by Crippen LogP contribution is 2.23. The van der Waals surface area contributed by atoms with Gasteiger partial charge in [-0.05, 0) is 64.3 Å². The third kappa shape index (κ3) is 4.17. The Bertz CT molecular complexity index is 785. The maximum absolute atomic E-state index is 13.2.